The predicted octanol–water partition coefficient (Wildman–Crippen LogP) is 4.18. The first-order chi connectivity index (χ1) is 13.3. The van der Waals surface area contributed by atoms with E-state index in [2.05, 4.69) is 42.4 Å². The molecule has 0 aliphatic carbocycles. The number of pyridine rings is 1. The van der Waals surface area contributed by atoms with Gasteiger partial charge < -0.3 is 10.1 Å². The molecular weight excluding hydrogens is 354 g/mol. The van der Waals surface area contributed by atoms with E-state index >= 15 is 0 Å². The second-order valence-electron chi connectivity index (χ2n) is 7.89. The van der Waals surface area contributed by atoms with E-state index < -0.39 is 0 Å². The Hall–Kier alpha value is -3.35. The van der Waals surface area contributed by atoms with E-state index in [4.69, 9.17) is 9.72 Å². The van der Waals surface area contributed by atoms with Crippen LogP contribution in [0.3, 0.4) is 0 Å². The van der Waals surface area contributed by atoms with Crippen molar-refractivity contribution in [3.63, 3.8) is 0 Å². The maximum absolute atomic E-state index is 12.0. The van der Waals surface area contributed by atoms with Gasteiger partial charge in [-0.1, -0.05) is 6.07 Å². The van der Waals surface area contributed by atoms with Crippen LogP contribution >= 0.6 is 0 Å². The molecule has 0 saturated carbocycles. The fourth-order valence-corrected chi connectivity index (χ4v) is 3.25. The summed E-state index contributed by atoms with van der Waals surface area (Å²) in [5.41, 5.74) is 4.76. The van der Waals surface area contributed by atoms with E-state index in [0.29, 0.717) is 5.56 Å². The summed E-state index contributed by atoms with van der Waals surface area (Å²) in [6.45, 7) is 8.24. The summed E-state index contributed by atoms with van der Waals surface area (Å²) in [5, 5.41) is 11.9. The first-order valence-electron chi connectivity index (χ1n) is 9.10. The average molecular weight is 377 g/mol. The highest BCUT2D eigenvalue weighted by Crippen LogP contribution is 2.33. The fraction of sp³-hybridized carbons (Fsp3) is 0.286. The number of ether oxygens (including phenoxy) is 1. The summed E-state index contributed by atoms with van der Waals surface area (Å²) in [6, 6.07) is 9.67. The highest BCUT2D eigenvalue weighted by molar-refractivity contribution is 5.91. The number of aryl methyl sites for hydroxylation is 1. The monoisotopic (exact) mass is 377 g/mol. The number of H-pyrrole nitrogens is 1. The summed E-state index contributed by atoms with van der Waals surface area (Å²) >= 11 is 0. The van der Waals surface area contributed by atoms with E-state index in [0.717, 1.165) is 39.3 Å². The van der Waals surface area contributed by atoms with Gasteiger partial charge in [0, 0.05) is 22.7 Å². The molecule has 0 aliphatic heterocycles. The standard InChI is InChI=1S/C21H23N5O2/c1-12-15-10-13(6-8-16(15)25-24-12)18-19(23-21(2,3)4)26-11-14(20(27)28-5)7-9-17(26)22-18/h6-11,23H,1-5H3,(H,24,25). The molecule has 3 heterocycles. The number of carbonyl (C=O) groups is 1. The number of aromatic amines is 1. The van der Waals surface area contributed by atoms with Crippen LogP contribution in [0.25, 0.3) is 27.8 Å². The highest BCUT2D eigenvalue weighted by Gasteiger charge is 2.21. The Balaban J connectivity index is 1.96. The zero-order chi connectivity index (χ0) is 20.1. The number of nitrogens with zero attached hydrogens (tertiary/aromatic N) is 3. The fourth-order valence-electron chi connectivity index (χ4n) is 3.25. The molecule has 0 fully saturated rings. The third kappa shape index (κ3) is 3.09. The first kappa shape index (κ1) is 18.0. The van der Waals surface area contributed by atoms with Crippen LogP contribution in [-0.4, -0.2) is 38.2 Å². The molecule has 7 nitrogen and oxygen atoms in total. The first-order valence-corrected chi connectivity index (χ1v) is 9.10. The van der Waals surface area contributed by atoms with Gasteiger partial charge in [-0.15, -0.1) is 0 Å². The number of hydrogen-bond donors (Lipinski definition) is 2. The van der Waals surface area contributed by atoms with Crippen LogP contribution in [0.2, 0.25) is 0 Å². The summed E-state index contributed by atoms with van der Waals surface area (Å²) in [6.07, 6.45) is 1.76. The van der Waals surface area contributed by atoms with Crippen molar-refractivity contribution >= 4 is 28.3 Å². The molecule has 0 atom stereocenters. The average Bonchev–Trinajstić information content (AvgIpc) is 3.20. The van der Waals surface area contributed by atoms with Gasteiger partial charge in [-0.05, 0) is 52.0 Å². The number of imidazole rings is 1. The molecule has 1 aromatic carbocycles. The number of aromatic nitrogens is 4. The van der Waals surface area contributed by atoms with Crippen molar-refractivity contribution in [1.29, 1.82) is 0 Å². The van der Waals surface area contributed by atoms with E-state index in [1.54, 1.807) is 12.3 Å². The zero-order valence-corrected chi connectivity index (χ0v) is 16.6. The van der Waals surface area contributed by atoms with E-state index in [9.17, 15) is 4.79 Å². The Morgan fingerprint density at radius 3 is 2.71 bits per heavy atom. The molecule has 0 amide bonds. The molecule has 0 unspecified atom stereocenters. The summed E-state index contributed by atoms with van der Waals surface area (Å²) in [5.74, 6) is 0.447. The van der Waals surface area contributed by atoms with Crippen LogP contribution in [0.4, 0.5) is 5.82 Å². The maximum atomic E-state index is 12.0. The number of methoxy groups -OCH3 is 1. The lowest BCUT2D eigenvalue weighted by atomic mass is 10.1. The number of nitrogens with one attached hydrogen (secondary N) is 2. The topological polar surface area (TPSA) is 84.3 Å². The minimum absolute atomic E-state index is 0.193. The lowest BCUT2D eigenvalue weighted by molar-refractivity contribution is 0.0600. The lowest BCUT2D eigenvalue weighted by Crippen LogP contribution is -2.27. The van der Waals surface area contributed by atoms with Gasteiger partial charge in [0.1, 0.15) is 17.2 Å². The minimum atomic E-state index is -0.380. The normalized spacial score (nSPS) is 11.9. The second kappa shape index (κ2) is 6.37. The Morgan fingerprint density at radius 1 is 1.21 bits per heavy atom. The largest absolute Gasteiger partial charge is 0.465 e. The van der Waals surface area contributed by atoms with Gasteiger partial charge in [0.05, 0.1) is 23.9 Å². The molecule has 0 aliphatic rings. The second-order valence-corrected chi connectivity index (χ2v) is 7.89. The van der Waals surface area contributed by atoms with Crippen LogP contribution in [0.5, 0.6) is 0 Å². The van der Waals surface area contributed by atoms with Crippen LogP contribution < -0.4 is 5.32 Å². The number of hydrogen-bond acceptors (Lipinski definition) is 5. The van der Waals surface area contributed by atoms with Crippen LogP contribution in [0.15, 0.2) is 36.5 Å². The van der Waals surface area contributed by atoms with Gasteiger partial charge in [-0.25, -0.2) is 9.78 Å². The molecule has 0 spiro atoms. The number of carbonyl (C=O) groups excluding carboxylic acids is 1. The molecule has 0 radical (unpaired) electrons. The van der Waals surface area contributed by atoms with Gasteiger partial charge in [0.15, 0.2) is 0 Å². The summed E-state index contributed by atoms with van der Waals surface area (Å²) < 4.78 is 6.77. The SMILES string of the molecule is COC(=O)c1ccc2nc(-c3ccc4[nH]nc(C)c4c3)c(NC(C)(C)C)n2c1. The molecule has 28 heavy (non-hydrogen) atoms. The van der Waals surface area contributed by atoms with Gasteiger partial charge >= 0.3 is 5.97 Å². The number of benzene rings is 1. The van der Waals surface area contributed by atoms with Crippen molar-refractivity contribution in [2.75, 3.05) is 12.4 Å². The molecule has 0 saturated heterocycles. The number of fused-ring (bicyclic) bond motifs is 2. The number of anilines is 1. The Kier molecular flexibility index (Phi) is 4.10. The molecule has 7 heteroatoms. The molecule has 2 N–H and O–H groups in total. The third-order valence-electron chi connectivity index (χ3n) is 4.56. The van der Waals surface area contributed by atoms with E-state index in [1.165, 1.54) is 7.11 Å². The molecule has 144 valence electrons. The van der Waals surface area contributed by atoms with Crippen LogP contribution in [-0.2, 0) is 4.74 Å². The minimum Gasteiger partial charge on any atom is -0.465 e. The van der Waals surface area contributed by atoms with E-state index in [1.807, 2.05) is 29.5 Å². The summed E-state index contributed by atoms with van der Waals surface area (Å²) in [4.78, 5) is 16.8. The van der Waals surface area contributed by atoms with Gasteiger partial charge in [-0.2, -0.15) is 5.10 Å². The van der Waals surface area contributed by atoms with E-state index in [-0.39, 0.29) is 11.5 Å². The zero-order valence-electron chi connectivity index (χ0n) is 16.6. The van der Waals surface area contributed by atoms with Crippen molar-refractivity contribution in [3.8, 4) is 11.3 Å². The molecule has 4 rings (SSSR count). The summed E-state index contributed by atoms with van der Waals surface area (Å²) in [7, 11) is 1.38. The maximum Gasteiger partial charge on any atom is 0.339 e. The van der Waals surface area contributed by atoms with Gasteiger partial charge in [0.25, 0.3) is 0 Å². The van der Waals surface area contributed by atoms with Crippen molar-refractivity contribution in [2.24, 2.45) is 0 Å². The van der Waals surface area contributed by atoms with Crippen molar-refractivity contribution in [3.05, 3.63) is 47.8 Å². The Morgan fingerprint density at radius 2 is 2.00 bits per heavy atom. The van der Waals surface area contributed by atoms with Crippen LogP contribution in [0, 0.1) is 6.92 Å². The van der Waals surface area contributed by atoms with Crippen molar-refractivity contribution < 1.29 is 9.53 Å². The molecule has 0 bridgehead atoms. The molecular formula is C21H23N5O2. The molecule has 3 aromatic heterocycles. The number of esters is 1. The third-order valence-corrected chi connectivity index (χ3v) is 4.56. The van der Waals surface area contributed by atoms with Crippen molar-refractivity contribution in [2.45, 2.75) is 33.2 Å². The smallest absolute Gasteiger partial charge is 0.339 e. The Bertz CT molecular complexity index is 1200. The molecule has 4 aromatic rings. The Labute approximate surface area is 162 Å². The predicted molar refractivity (Wildman–Crippen MR) is 110 cm³/mol. The van der Waals surface area contributed by atoms with Gasteiger partial charge in [0.2, 0.25) is 0 Å². The van der Waals surface area contributed by atoms with Gasteiger partial charge in [-0.3, -0.25) is 9.50 Å². The number of rotatable bonds is 3. The quantitative estimate of drug-likeness (QED) is 0.523. The van der Waals surface area contributed by atoms with Crippen LogP contribution in [0.1, 0.15) is 36.8 Å². The lowest BCUT2D eigenvalue weighted by Gasteiger charge is -2.22. The van der Waals surface area contributed by atoms with Crippen molar-refractivity contribution in [1.82, 2.24) is 19.6 Å². The highest BCUT2D eigenvalue weighted by atomic mass is 16.5.